The van der Waals surface area contributed by atoms with Crippen molar-refractivity contribution in [2.75, 3.05) is 0 Å². The summed E-state index contributed by atoms with van der Waals surface area (Å²) in [5.41, 5.74) is 0.00815. The molecule has 0 spiro atoms. The van der Waals surface area contributed by atoms with Crippen LogP contribution in [0.3, 0.4) is 0 Å². The molecule has 0 radical (unpaired) electrons. The smallest absolute Gasteiger partial charge is 0.303 e. The normalized spacial score (nSPS) is 9.88. The van der Waals surface area contributed by atoms with Gasteiger partial charge >= 0.3 is 5.97 Å². The maximum atomic E-state index is 11.6. The number of rotatable bonds is 4. The van der Waals surface area contributed by atoms with Gasteiger partial charge in [-0.3, -0.25) is 14.2 Å². The van der Waals surface area contributed by atoms with E-state index in [1.54, 1.807) is 13.0 Å². The number of aromatic nitrogens is 1. The molecule has 0 amide bonds. The standard InChI is InChI=1S/C11H12N2O4/c1-7-5-9(14)13(4-2-3-10(15)16)11(17)8(7)6-12/h5,17H,2-4H2,1H3,(H,15,16). The van der Waals surface area contributed by atoms with E-state index in [2.05, 4.69) is 0 Å². The second-order valence-electron chi connectivity index (χ2n) is 3.62. The molecule has 17 heavy (non-hydrogen) atoms. The summed E-state index contributed by atoms with van der Waals surface area (Å²) in [6, 6.07) is 3.05. The Hall–Kier alpha value is -2.29. The molecule has 2 N–H and O–H groups in total. The van der Waals surface area contributed by atoms with Crippen LogP contribution >= 0.6 is 0 Å². The van der Waals surface area contributed by atoms with Crippen molar-refractivity contribution in [3.05, 3.63) is 27.5 Å². The van der Waals surface area contributed by atoms with E-state index < -0.39 is 17.4 Å². The summed E-state index contributed by atoms with van der Waals surface area (Å²) < 4.78 is 1.01. The molecule has 0 fully saturated rings. The number of pyridine rings is 1. The molecule has 0 aromatic carbocycles. The van der Waals surface area contributed by atoms with Crippen molar-refractivity contribution in [1.29, 1.82) is 5.26 Å². The van der Waals surface area contributed by atoms with Crippen LogP contribution in [0, 0.1) is 18.3 Å². The lowest BCUT2D eigenvalue weighted by atomic mass is 10.1. The number of hydrogen-bond donors (Lipinski definition) is 2. The topological polar surface area (TPSA) is 103 Å². The van der Waals surface area contributed by atoms with E-state index in [1.807, 2.05) is 0 Å². The quantitative estimate of drug-likeness (QED) is 0.796. The van der Waals surface area contributed by atoms with E-state index >= 15 is 0 Å². The molecule has 0 aliphatic rings. The minimum atomic E-state index is -0.967. The fourth-order valence-corrected chi connectivity index (χ4v) is 1.49. The Labute approximate surface area is 97.4 Å². The van der Waals surface area contributed by atoms with Crippen LogP contribution in [0.2, 0.25) is 0 Å². The molecule has 1 aromatic rings. The molecule has 6 nitrogen and oxygen atoms in total. The van der Waals surface area contributed by atoms with Crippen molar-refractivity contribution in [3.63, 3.8) is 0 Å². The molecular formula is C11H12N2O4. The van der Waals surface area contributed by atoms with Gasteiger partial charge in [-0.2, -0.15) is 5.26 Å². The summed E-state index contributed by atoms with van der Waals surface area (Å²) >= 11 is 0. The van der Waals surface area contributed by atoms with E-state index in [0.29, 0.717) is 5.56 Å². The monoisotopic (exact) mass is 236 g/mol. The van der Waals surface area contributed by atoms with E-state index in [9.17, 15) is 14.7 Å². The minimum Gasteiger partial charge on any atom is -0.493 e. The molecule has 6 heteroatoms. The second-order valence-corrected chi connectivity index (χ2v) is 3.62. The fourth-order valence-electron chi connectivity index (χ4n) is 1.49. The number of carboxylic acids is 1. The van der Waals surface area contributed by atoms with Crippen molar-refractivity contribution in [2.24, 2.45) is 0 Å². The summed E-state index contributed by atoms with van der Waals surface area (Å²) in [7, 11) is 0. The van der Waals surface area contributed by atoms with Crippen LogP contribution in [0.5, 0.6) is 5.88 Å². The third kappa shape index (κ3) is 2.84. The van der Waals surface area contributed by atoms with Crippen LogP contribution < -0.4 is 5.56 Å². The molecule has 0 atom stereocenters. The molecule has 0 saturated carbocycles. The highest BCUT2D eigenvalue weighted by atomic mass is 16.4. The molecule has 0 aliphatic heterocycles. The molecule has 0 saturated heterocycles. The fraction of sp³-hybridized carbons (Fsp3) is 0.364. The van der Waals surface area contributed by atoms with Crippen molar-refractivity contribution in [1.82, 2.24) is 4.57 Å². The minimum absolute atomic E-state index is 0.0416. The lowest BCUT2D eigenvalue weighted by Crippen LogP contribution is -2.21. The van der Waals surface area contributed by atoms with Crippen LogP contribution in [-0.2, 0) is 11.3 Å². The Balaban J connectivity index is 3.04. The molecule has 1 rings (SSSR count). The number of aryl methyl sites for hydroxylation is 1. The Morgan fingerprint density at radius 2 is 2.24 bits per heavy atom. The SMILES string of the molecule is Cc1cc(=O)n(CCCC(=O)O)c(O)c1C#N. The lowest BCUT2D eigenvalue weighted by Gasteiger charge is -2.10. The number of aromatic hydroxyl groups is 1. The van der Waals surface area contributed by atoms with Gasteiger partial charge < -0.3 is 10.2 Å². The van der Waals surface area contributed by atoms with E-state index in [1.165, 1.54) is 6.07 Å². The number of nitriles is 1. The van der Waals surface area contributed by atoms with Crippen LogP contribution in [0.4, 0.5) is 0 Å². The molecule has 1 heterocycles. The van der Waals surface area contributed by atoms with Crippen LogP contribution in [0.15, 0.2) is 10.9 Å². The summed E-state index contributed by atoms with van der Waals surface area (Å²) in [6.45, 7) is 1.63. The van der Waals surface area contributed by atoms with Gasteiger partial charge in [-0.1, -0.05) is 0 Å². The lowest BCUT2D eigenvalue weighted by molar-refractivity contribution is -0.137. The average Bonchev–Trinajstić information content (AvgIpc) is 2.22. The molecule has 0 unspecified atom stereocenters. The van der Waals surface area contributed by atoms with Gasteiger partial charge in [0.05, 0.1) is 0 Å². The van der Waals surface area contributed by atoms with Gasteiger partial charge in [0.25, 0.3) is 5.56 Å². The van der Waals surface area contributed by atoms with Gasteiger partial charge in [-0.05, 0) is 18.9 Å². The summed E-state index contributed by atoms with van der Waals surface area (Å²) in [6.07, 6.45) is 0.123. The number of carbonyl (C=O) groups is 1. The van der Waals surface area contributed by atoms with Crippen molar-refractivity contribution in [2.45, 2.75) is 26.3 Å². The highest BCUT2D eigenvalue weighted by Crippen LogP contribution is 2.17. The second kappa shape index (κ2) is 5.16. The molecular weight excluding hydrogens is 224 g/mol. The maximum absolute atomic E-state index is 11.6. The van der Waals surface area contributed by atoms with Crippen molar-refractivity contribution < 1.29 is 15.0 Å². The zero-order valence-electron chi connectivity index (χ0n) is 9.30. The van der Waals surface area contributed by atoms with Crippen molar-refractivity contribution in [3.8, 4) is 11.9 Å². The first kappa shape index (κ1) is 12.8. The molecule has 0 bridgehead atoms. The zero-order valence-corrected chi connectivity index (χ0v) is 9.30. The van der Waals surface area contributed by atoms with E-state index in [4.69, 9.17) is 10.4 Å². The highest BCUT2D eigenvalue weighted by Gasteiger charge is 2.12. The van der Waals surface area contributed by atoms with Gasteiger partial charge in [0, 0.05) is 19.0 Å². The van der Waals surface area contributed by atoms with Crippen molar-refractivity contribution >= 4 is 5.97 Å². The van der Waals surface area contributed by atoms with Gasteiger partial charge in [-0.25, -0.2) is 0 Å². The van der Waals surface area contributed by atoms with E-state index in [0.717, 1.165) is 4.57 Å². The predicted molar refractivity (Wildman–Crippen MR) is 58.7 cm³/mol. The summed E-state index contributed by atoms with van der Waals surface area (Å²) in [4.78, 5) is 21.9. The Morgan fingerprint density at radius 3 is 2.76 bits per heavy atom. The number of aliphatic carboxylic acids is 1. The molecule has 1 aromatic heterocycles. The first-order valence-corrected chi connectivity index (χ1v) is 5.02. The summed E-state index contributed by atoms with van der Waals surface area (Å²) in [5, 5.41) is 27.0. The first-order chi connectivity index (χ1) is 7.97. The van der Waals surface area contributed by atoms with Gasteiger partial charge in [0.1, 0.15) is 11.6 Å². The number of hydrogen-bond acceptors (Lipinski definition) is 4. The highest BCUT2D eigenvalue weighted by molar-refractivity contribution is 5.66. The zero-order chi connectivity index (χ0) is 13.0. The number of carboxylic acid groups (broad SMARTS) is 1. The first-order valence-electron chi connectivity index (χ1n) is 5.02. The Bertz CT molecular complexity index is 540. The Morgan fingerprint density at radius 1 is 1.59 bits per heavy atom. The third-order valence-electron chi connectivity index (χ3n) is 2.36. The van der Waals surface area contributed by atoms with Gasteiger partial charge in [0.2, 0.25) is 5.88 Å². The summed E-state index contributed by atoms with van der Waals surface area (Å²) in [5.74, 6) is -1.37. The van der Waals surface area contributed by atoms with Crippen LogP contribution in [0.25, 0.3) is 0 Å². The largest absolute Gasteiger partial charge is 0.493 e. The average molecular weight is 236 g/mol. The maximum Gasteiger partial charge on any atom is 0.303 e. The molecule has 0 aliphatic carbocycles. The van der Waals surface area contributed by atoms with E-state index in [-0.39, 0.29) is 24.9 Å². The van der Waals surface area contributed by atoms with Crippen LogP contribution in [0.1, 0.15) is 24.0 Å². The van der Waals surface area contributed by atoms with Crippen LogP contribution in [-0.4, -0.2) is 20.7 Å². The predicted octanol–water partition coefficient (Wildman–Crippen LogP) is 0.599. The Kier molecular flexibility index (Phi) is 3.88. The van der Waals surface area contributed by atoms with Gasteiger partial charge in [-0.15, -0.1) is 0 Å². The van der Waals surface area contributed by atoms with Gasteiger partial charge in [0.15, 0.2) is 0 Å². The third-order valence-corrected chi connectivity index (χ3v) is 2.36. The number of nitrogens with zero attached hydrogens (tertiary/aromatic N) is 2. The molecule has 90 valence electrons.